The molecule has 3 saturated carbocycles. The number of anilines is 1. The number of carbonyl (C=O) groups is 2. The summed E-state index contributed by atoms with van der Waals surface area (Å²) in [5.41, 5.74) is -3.65. The highest BCUT2D eigenvalue weighted by atomic mass is 32.1. The quantitative estimate of drug-likeness (QED) is 0.149. The van der Waals surface area contributed by atoms with E-state index in [9.17, 15) is 33.0 Å². The van der Waals surface area contributed by atoms with Crippen molar-refractivity contribution in [3.05, 3.63) is 106 Å². The second-order valence-corrected chi connectivity index (χ2v) is 18.2. The average Bonchev–Trinajstić information content (AvgIpc) is 3.78. The van der Waals surface area contributed by atoms with Gasteiger partial charge in [0.2, 0.25) is 0 Å². The van der Waals surface area contributed by atoms with E-state index < -0.39 is 45.5 Å². The fraction of sp³-hybridized carbons (Fsp3) is 0.500. The lowest BCUT2D eigenvalue weighted by Gasteiger charge is -2.71. The van der Waals surface area contributed by atoms with Crippen LogP contribution in [0.2, 0.25) is 0 Å². The maximum atomic E-state index is 14.8. The van der Waals surface area contributed by atoms with Crippen molar-refractivity contribution in [1.29, 1.82) is 0 Å². The Hall–Kier alpha value is -3.93. The number of aliphatic hydroxyl groups is 2. The van der Waals surface area contributed by atoms with Crippen molar-refractivity contribution in [2.24, 2.45) is 33.5 Å². The zero-order chi connectivity index (χ0) is 39.0. The van der Waals surface area contributed by atoms with E-state index in [1.165, 1.54) is 12.1 Å². The molecule has 1 unspecified atom stereocenters. The molecule has 0 saturated heterocycles. The number of aliphatic hydroxyl groups excluding tert-OH is 1. The van der Waals surface area contributed by atoms with Crippen molar-refractivity contribution < 1.29 is 37.7 Å². The van der Waals surface area contributed by atoms with Crippen LogP contribution in [0.25, 0.3) is 0 Å². The fourth-order valence-electron chi connectivity index (χ4n) is 11.7. The van der Waals surface area contributed by atoms with Crippen molar-refractivity contribution in [3.8, 4) is 5.75 Å². The van der Waals surface area contributed by atoms with Crippen LogP contribution in [0.3, 0.4) is 0 Å². The summed E-state index contributed by atoms with van der Waals surface area (Å²) in [6, 6.07) is 15.5. The molecule has 6 aliphatic carbocycles. The van der Waals surface area contributed by atoms with Crippen LogP contribution in [0.1, 0.15) is 79.6 Å². The molecule has 8 atom stereocenters. The first-order valence-electron chi connectivity index (χ1n) is 19.4. The van der Waals surface area contributed by atoms with Gasteiger partial charge in [-0.25, -0.2) is 4.79 Å². The van der Waals surface area contributed by atoms with Crippen molar-refractivity contribution in [1.82, 2.24) is 4.90 Å². The Morgan fingerprint density at radius 2 is 1.69 bits per heavy atom. The molecule has 0 radical (unpaired) electrons. The number of Topliss-reactive ketones (excluding diaryl/α,β-unsaturated/α-hetero) is 1. The number of ketones is 1. The number of thiophene rings is 1. The normalized spacial score (nSPS) is 34.6. The molecule has 3 aromatic rings. The number of hydrogen-bond donors (Lipinski definition) is 3. The third kappa shape index (κ3) is 5.90. The number of ether oxygens (including phenoxy) is 1. The Morgan fingerprint density at radius 1 is 0.964 bits per heavy atom. The lowest BCUT2D eigenvalue weighted by atomic mass is 9.32. The van der Waals surface area contributed by atoms with E-state index in [0.29, 0.717) is 68.5 Å². The minimum absolute atomic E-state index is 0.0138. The summed E-state index contributed by atoms with van der Waals surface area (Å²) in [6.07, 6.45) is 5.93. The van der Waals surface area contributed by atoms with Crippen LogP contribution in [0.15, 0.2) is 89.8 Å². The number of amides is 2. The van der Waals surface area contributed by atoms with Crippen molar-refractivity contribution in [2.75, 3.05) is 25.5 Å². The average molecular weight is 775 g/mol. The van der Waals surface area contributed by atoms with Gasteiger partial charge in [0.1, 0.15) is 5.75 Å². The van der Waals surface area contributed by atoms with Gasteiger partial charge >= 0.3 is 12.2 Å². The van der Waals surface area contributed by atoms with E-state index in [1.807, 2.05) is 23.6 Å². The zero-order valence-electron chi connectivity index (χ0n) is 31.5. The molecule has 3 N–H and O–H groups in total. The zero-order valence-corrected chi connectivity index (χ0v) is 32.3. The molecule has 11 heteroatoms. The summed E-state index contributed by atoms with van der Waals surface area (Å²) in [5.74, 6) is -0.0254. The molecular formula is C44H49F3N2O5S. The third-order valence-corrected chi connectivity index (χ3v) is 15.6. The third-order valence-electron chi connectivity index (χ3n) is 14.7. The maximum Gasteiger partial charge on any atom is 0.416 e. The summed E-state index contributed by atoms with van der Waals surface area (Å²) in [6.45, 7) is 4.81. The standard InChI is InChI=1S/C44H49F3N2O5S/c1-39-17-13-31(50)25-41(39)20-21-43(34(26-41)37(51)28-6-4-7-29(24-28)44(45,46)47)35(39)14-18-40(2)36(43)15-19-42(40,53)27-49(22-16-33-8-5-23-55-33)38(52)48-30-9-11-32(54-3)12-10-30/h4-12,20-21,23-24,26,31,35-36,50,53H,13-19,22,25,27H2,1-3H3,(H,48,52)/t31?,35-,36-,39-,40+,41+,42-,43-/m1/s1. The first-order valence-corrected chi connectivity index (χ1v) is 20.2. The topological polar surface area (TPSA) is 99.1 Å². The number of halogens is 3. The first kappa shape index (κ1) is 38.0. The molecule has 2 amide bonds. The van der Waals surface area contributed by atoms with Crippen molar-refractivity contribution >= 4 is 28.8 Å². The van der Waals surface area contributed by atoms with Gasteiger partial charge in [-0.1, -0.05) is 50.3 Å². The number of rotatable bonds is 9. The highest BCUT2D eigenvalue weighted by Gasteiger charge is 2.74. The minimum Gasteiger partial charge on any atom is -0.497 e. The summed E-state index contributed by atoms with van der Waals surface area (Å²) in [4.78, 5) is 31.8. The van der Waals surface area contributed by atoms with Gasteiger partial charge in [0, 0.05) is 44.5 Å². The number of nitrogens with one attached hydrogen (secondary N) is 1. The molecule has 2 spiro atoms. The number of methoxy groups -OCH3 is 1. The summed E-state index contributed by atoms with van der Waals surface area (Å²) >= 11 is 1.62. The van der Waals surface area contributed by atoms with Crippen LogP contribution in [0, 0.1) is 33.5 Å². The maximum absolute atomic E-state index is 14.8. The van der Waals surface area contributed by atoms with E-state index in [0.717, 1.165) is 23.4 Å². The van der Waals surface area contributed by atoms with Crippen LogP contribution >= 0.6 is 11.3 Å². The van der Waals surface area contributed by atoms with Gasteiger partial charge in [-0.2, -0.15) is 13.2 Å². The predicted octanol–water partition coefficient (Wildman–Crippen LogP) is 9.33. The van der Waals surface area contributed by atoms with Crippen LogP contribution in [-0.4, -0.2) is 58.8 Å². The van der Waals surface area contributed by atoms with Crippen molar-refractivity contribution in [3.63, 3.8) is 0 Å². The summed E-state index contributed by atoms with van der Waals surface area (Å²) < 4.78 is 47.1. The molecule has 6 aliphatic rings. The number of benzene rings is 2. The van der Waals surface area contributed by atoms with Crippen LogP contribution in [-0.2, 0) is 12.6 Å². The lowest BCUT2D eigenvalue weighted by Crippen LogP contribution is -2.67. The molecule has 55 heavy (non-hydrogen) atoms. The second kappa shape index (κ2) is 13.3. The highest BCUT2D eigenvalue weighted by molar-refractivity contribution is 7.09. The predicted molar refractivity (Wildman–Crippen MR) is 206 cm³/mol. The van der Waals surface area contributed by atoms with Crippen LogP contribution in [0.5, 0.6) is 5.75 Å². The number of urea groups is 1. The van der Waals surface area contributed by atoms with Crippen LogP contribution in [0.4, 0.5) is 23.7 Å². The Bertz CT molecular complexity index is 2030. The summed E-state index contributed by atoms with van der Waals surface area (Å²) in [7, 11) is 1.58. The van der Waals surface area contributed by atoms with Gasteiger partial charge < -0.3 is 25.2 Å². The van der Waals surface area contributed by atoms with Crippen molar-refractivity contribution in [2.45, 2.75) is 83.1 Å². The van der Waals surface area contributed by atoms with Gasteiger partial charge in [-0.15, -0.1) is 11.3 Å². The number of allylic oxidation sites excluding steroid dienone is 4. The molecule has 292 valence electrons. The van der Waals surface area contributed by atoms with Gasteiger partial charge in [0.15, 0.2) is 5.78 Å². The van der Waals surface area contributed by atoms with Gasteiger partial charge in [0.05, 0.1) is 30.9 Å². The molecule has 2 aromatic carbocycles. The second-order valence-electron chi connectivity index (χ2n) is 17.1. The van der Waals surface area contributed by atoms with Gasteiger partial charge in [0.25, 0.3) is 0 Å². The molecule has 1 heterocycles. The SMILES string of the molecule is COc1ccc(NC(=O)N(CCc2cccs2)C[C@]2(O)CC[C@H]3[C@]45C=C[C@@]6(C=C4C(=O)c4cccc(C(F)(F)F)c4)CC(O)CC[C@]6(C)[C@H]5CC[C@@]32C)cc1. The molecule has 3 fully saturated rings. The Kier molecular flexibility index (Phi) is 9.21. The number of carbonyl (C=O) groups excluding carboxylic acids is 2. The van der Waals surface area contributed by atoms with Crippen LogP contribution < -0.4 is 10.1 Å². The van der Waals surface area contributed by atoms with E-state index >= 15 is 0 Å². The number of hydrogen-bond acceptors (Lipinski definition) is 6. The van der Waals surface area contributed by atoms with E-state index in [4.69, 9.17) is 4.74 Å². The Morgan fingerprint density at radius 3 is 2.40 bits per heavy atom. The van der Waals surface area contributed by atoms with Gasteiger partial charge in [-0.05, 0) is 116 Å². The Balaban J connectivity index is 1.17. The first-order chi connectivity index (χ1) is 26.1. The molecular weight excluding hydrogens is 726 g/mol. The molecule has 0 aliphatic heterocycles. The van der Waals surface area contributed by atoms with E-state index in [-0.39, 0.29) is 35.4 Å². The number of nitrogens with zero attached hydrogens (tertiary/aromatic N) is 1. The van der Waals surface area contributed by atoms with Gasteiger partial charge in [-0.3, -0.25) is 4.79 Å². The lowest BCUT2D eigenvalue weighted by molar-refractivity contribution is -0.174. The largest absolute Gasteiger partial charge is 0.497 e. The Labute approximate surface area is 324 Å². The number of alkyl halides is 3. The fourth-order valence-corrected chi connectivity index (χ4v) is 12.4. The molecule has 2 bridgehead atoms. The number of fused-ring (bicyclic) bond motifs is 1. The van der Waals surface area contributed by atoms with E-state index in [1.54, 1.807) is 47.6 Å². The molecule has 7 nitrogen and oxygen atoms in total. The minimum atomic E-state index is -4.61. The van der Waals surface area contributed by atoms with E-state index in [2.05, 4.69) is 31.3 Å². The highest BCUT2D eigenvalue weighted by Crippen LogP contribution is 2.78. The smallest absolute Gasteiger partial charge is 0.416 e. The molecule has 1 aromatic heterocycles. The summed E-state index contributed by atoms with van der Waals surface area (Å²) in [5, 5.41) is 29.1. The molecule has 9 rings (SSSR count). The monoisotopic (exact) mass is 774 g/mol.